The molecule has 15 heavy (non-hydrogen) atoms. The topological polar surface area (TPSA) is 32.3 Å². The van der Waals surface area contributed by atoms with Gasteiger partial charge in [0.1, 0.15) is 11.6 Å². The zero-order valence-electron chi connectivity index (χ0n) is 8.83. The molecule has 0 unspecified atom stereocenters. The van der Waals surface area contributed by atoms with Gasteiger partial charge in [-0.05, 0) is 50.4 Å². The molecule has 1 aromatic rings. The van der Waals surface area contributed by atoms with Crippen molar-refractivity contribution in [2.24, 2.45) is 5.92 Å². The van der Waals surface area contributed by atoms with Crippen molar-refractivity contribution in [2.45, 2.75) is 25.8 Å². The molecule has 1 atom stereocenters. The number of phenols is 1. The van der Waals surface area contributed by atoms with E-state index in [4.69, 9.17) is 0 Å². The highest BCUT2D eigenvalue weighted by atomic mass is 19.1. The number of hydrogen-bond donors (Lipinski definition) is 2. The molecular weight excluding hydrogens is 193 g/mol. The maximum absolute atomic E-state index is 13.0. The number of rotatable bonds is 4. The Morgan fingerprint density at radius 1 is 1.53 bits per heavy atom. The largest absolute Gasteiger partial charge is 0.508 e. The molecule has 3 heteroatoms. The first-order chi connectivity index (χ1) is 7.16. The molecule has 0 heterocycles. The summed E-state index contributed by atoms with van der Waals surface area (Å²) in [5, 5.41) is 12.9. The lowest BCUT2D eigenvalue weighted by molar-refractivity contribution is 0.447. The Morgan fingerprint density at radius 3 is 2.93 bits per heavy atom. The Balaban J connectivity index is 2.02. The third kappa shape index (κ3) is 2.69. The molecular formula is C12H16FNO. The van der Waals surface area contributed by atoms with Crippen molar-refractivity contribution in [1.29, 1.82) is 0 Å². The first-order valence-corrected chi connectivity index (χ1v) is 5.38. The van der Waals surface area contributed by atoms with Crippen LogP contribution in [0.3, 0.4) is 0 Å². The third-order valence-electron chi connectivity index (χ3n) is 2.87. The second kappa shape index (κ2) is 4.19. The molecule has 2 N–H and O–H groups in total. The first kappa shape index (κ1) is 10.4. The number of benzene rings is 1. The quantitative estimate of drug-likeness (QED) is 0.798. The fourth-order valence-corrected chi connectivity index (χ4v) is 1.65. The zero-order chi connectivity index (χ0) is 10.8. The summed E-state index contributed by atoms with van der Waals surface area (Å²) in [6, 6.07) is 4.06. The fourth-order valence-electron chi connectivity index (χ4n) is 1.65. The molecule has 0 radical (unpaired) electrons. The van der Waals surface area contributed by atoms with Crippen LogP contribution < -0.4 is 5.32 Å². The molecule has 1 aromatic carbocycles. The number of halogens is 1. The van der Waals surface area contributed by atoms with Crippen molar-refractivity contribution in [1.82, 2.24) is 5.32 Å². The van der Waals surface area contributed by atoms with Crippen molar-refractivity contribution < 1.29 is 9.50 Å². The average Bonchev–Trinajstić information content (AvgIpc) is 3.02. The lowest BCUT2D eigenvalue weighted by Crippen LogP contribution is -2.21. The summed E-state index contributed by atoms with van der Waals surface area (Å²) in [7, 11) is 0. The molecule has 0 aromatic heterocycles. The van der Waals surface area contributed by atoms with E-state index >= 15 is 0 Å². The molecule has 1 saturated carbocycles. The highest BCUT2D eigenvalue weighted by Crippen LogP contribution is 2.30. The smallest absolute Gasteiger partial charge is 0.123 e. The number of hydrogen-bond acceptors (Lipinski definition) is 2. The minimum Gasteiger partial charge on any atom is -0.508 e. The van der Waals surface area contributed by atoms with E-state index in [0.717, 1.165) is 12.5 Å². The van der Waals surface area contributed by atoms with Gasteiger partial charge < -0.3 is 10.4 Å². The highest BCUT2D eigenvalue weighted by molar-refractivity contribution is 5.34. The van der Waals surface area contributed by atoms with Crippen LogP contribution in [0, 0.1) is 11.7 Å². The molecule has 2 rings (SSSR count). The Morgan fingerprint density at radius 2 is 2.27 bits per heavy atom. The van der Waals surface area contributed by atoms with Gasteiger partial charge in [0.05, 0.1) is 0 Å². The highest BCUT2D eigenvalue weighted by Gasteiger charge is 2.22. The molecule has 0 saturated heterocycles. The number of aromatic hydroxyl groups is 1. The molecule has 1 fully saturated rings. The van der Waals surface area contributed by atoms with Gasteiger partial charge in [-0.25, -0.2) is 4.39 Å². The molecule has 1 aliphatic rings. The summed E-state index contributed by atoms with van der Waals surface area (Å²) in [6.07, 6.45) is 2.57. The van der Waals surface area contributed by atoms with Crippen LogP contribution in [0.1, 0.15) is 31.4 Å². The molecule has 1 aliphatic carbocycles. The lowest BCUT2D eigenvalue weighted by atomic mass is 10.1. The van der Waals surface area contributed by atoms with Gasteiger partial charge in [-0.2, -0.15) is 0 Å². The number of phenolic OH excluding ortho intramolecular Hbond substituents is 1. The van der Waals surface area contributed by atoms with Crippen LogP contribution in [0.25, 0.3) is 0 Å². The van der Waals surface area contributed by atoms with E-state index in [0.29, 0.717) is 5.56 Å². The van der Waals surface area contributed by atoms with Gasteiger partial charge in [-0.15, -0.1) is 0 Å². The van der Waals surface area contributed by atoms with E-state index in [9.17, 15) is 9.50 Å². The van der Waals surface area contributed by atoms with Crippen LogP contribution in [-0.2, 0) is 0 Å². The normalized spacial score (nSPS) is 17.7. The van der Waals surface area contributed by atoms with Crippen molar-refractivity contribution in [2.75, 3.05) is 6.54 Å². The second-order valence-electron chi connectivity index (χ2n) is 4.28. The SMILES string of the molecule is C[C@H](NCC1CC1)c1cc(F)ccc1O. The van der Waals surface area contributed by atoms with E-state index in [2.05, 4.69) is 5.32 Å². The zero-order valence-corrected chi connectivity index (χ0v) is 8.83. The van der Waals surface area contributed by atoms with Crippen molar-refractivity contribution >= 4 is 0 Å². The molecule has 2 nitrogen and oxygen atoms in total. The van der Waals surface area contributed by atoms with Crippen LogP contribution in [0.4, 0.5) is 4.39 Å². The van der Waals surface area contributed by atoms with E-state index < -0.39 is 0 Å². The lowest BCUT2D eigenvalue weighted by Gasteiger charge is -2.15. The van der Waals surface area contributed by atoms with Gasteiger partial charge in [0.25, 0.3) is 0 Å². The van der Waals surface area contributed by atoms with E-state index in [1.807, 2.05) is 6.92 Å². The maximum Gasteiger partial charge on any atom is 0.123 e. The average molecular weight is 209 g/mol. The van der Waals surface area contributed by atoms with Crippen molar-refractivity contribution in [3.8, 4) is 5.75 Å². The summed E-state index contributed by atoms with van der Waals surface area (Å²) >= 11 is 0. The van der Waals surface area contributed by atoms with Crippen LogP contribution in [-0.4, -0.2) is 11.7 Å². The number of nitrogens with one attached hydrogen (secondary N) is 1. The summed E-state index contributed by atoms with van der Waals surface area (Å²) in [4.78, 5) is 0. The predicted molar refractivity (Wildman–Crippen MR) is 57.2 cm³/mol. The molecule has 0 bridgehead atoms. The molecule has 0 aliphatic heterocycles. The minimum atomic E-state index is -0.303. The predicted octanol–water partition coefficient (Wildman–Crippen LogP) is 2.59. The van der Waals surface area contributed by atoms with Crippen molar-refractivity contribution in [3.05, 3.63) is 29.6 Å². The van der Waals surface area contributed by atoms with Gasteiger partial charge in [0.15, 0.2) is 0 Å². The molecule has 0 amide bonds. The Bertz CT molecular complexity index is 349. The maximum atomic E-state index is 13.0. The van der Waals surface area contributed by atoms with Gasteiger partial charge in [0, 0.05) is 11.6 Å². The van der Waals surface area contributed by atoms with Gasteiger partial charge in [0.2, 0.25) is 0 Å². The standard InChI is InChI=1S/C12H16FNO/c1-8(14-7-9-2-3-9)11-6-10(13)4-5-12(11)15/h4-6,8-9,14-15H,2-3,7H2,1H3/t8-/m0/s1. The summed E-state index contributed by atoms with van der Waals surface area (Å²) in [5.41, 5.74) is 0.635. The Hall–Kier alpha value is -1.09. The molecule has 0 spiro atoms. The first-order valence-electron chi connectivity index (χ1n) is 5.38. The van der Waals surface area contributed by atoms with Gasteiger partial charge in [-0.3, -0.25) is 0 Å². The van der Waals surface area contributed by atoms with Crippen LogP contribution in [0.2, 0.25) is 0 Å². The minimum absolute atomic E-state index is 0.00120. The van der Waals surface area contributed by atoms with E-state index in [1.54, 1.807) is 0 Å². The molecule has 82 valence electrons. The van der Waals surface area contributed by atoms with Crippen LogP contribution in [0.5, 0.6) is 5.75 Å². The Kier molecular flexibility index (Phi) is 2.91. The van der Waals surface area contributed by atoms with E-state index in [1.165, 1.54) is 31.0 Å². The second-order valence-corrected chi connectivity index (χ2v) is 4.28. The van der Waals surface area contributed by atoms with Gasteiger partial charge >= 0.3 is 0 Å². The fraction of sp³-hybridized carbons (Fsp3) is 0.500. The van der Waals surface area contributed by atoms with Crippen LogP contribution in [0.15, 0.2) is 18.2 Å². The monoisotopic (exact) mass is 209 g/mol. The van der Waals surface area contributed by atoms with Crippen molar-refractivity contribution in [3.63, 3.8) is 0 Å². The Labute approximate surface area is 89.1 Å². The van der Waals surface area contributed by atoms with E-state index in [-0.39, 0.29) is 17.6 Å². The third-order valence-corrected chi connectivity index (χ3v) is 2.87. The summed E-state index contributed by atoms with van der Waals surface area (Å²) in [5.74, 6) is 0.637. The summed E-state index contributed by atoms with van der Waals surface area (Å²) in [6.45, 7) is 2.90. The van der Waals surface area contributed by atoms with Crippen LogP contribution >= 0.6 is 0 Å². The van der Waals surface area contributed by atoms with Gasteiger partial charge in [-0.1, -0.05) is 0 Å². The summed E-state index contributed by atoms with van der Waals surface area (Å²) < 4.78 is 13.0.